The summed E-state index contributed by atoms with van der Waals surface area (Å²) in [5.74, 6) is 0.0164. The second kappa shape index (κ2) is 11.7. The van der Waals surface area contributed by atoms with Crippen molar-refractivity contribution in [3.63, 3.8) is 0 Å². The fourth-order valence-corrected chi connectivity index (χ4v) is 6.04. The summed E-state index contributed by atoms with van der Waals surface area (Å²) in [7, 11) is 0. The molecular formula is C32H41N5O. The highest BCUT2D eigenvalue weighted by molar-refractivity contribution is 5.98. The van der Waals surface area contributed by atoms with E-state index in [2.05, 4.69) is 108 Å². The summed E-state index contributed by atoms with van der Waals surface area (Å²) in [6.07, 6.45) is 0. The third-order valence-corrected chi connectivity index (χ3v) is 8.31. The van der Waals surface area contributed by atoms with Crippen LogP contribution < -0.4 is 16.2 Å². The van der Waals surface area contributed by atoms with E-state index in [1.165, 1.54) is 22.3 Å². The molecule has 3 atom stereocenters. The summed E-state index contributed by atoms with van der Waals surface area (Å²) in [4.78, 5) is 17.6. The highest BCUT2D eigenvalue weighted by Crippen LogP contribution is 2.50. The molecular weight excluding hydrogens is 470 g/mol. The Kier molecular flexibility index (Phi) is 8.12. The summed E-state index contributed by atoms with van der Waals surface area (Å²) >= 11 is 0. The maximum absolute atomic E-state index is 12.7. The lowest BCUT2D eigenvalue weighted by atomic mass is 9.74. The molecule has 0 spiro atoms. The Morgan fingerprint density at radius 3 is 2.05 bits per heavy atom. The summed E-state index contributed by atoms with van der Waals surface area (Å²) in [6, 6.07) is 24.1. The van der Waals surface area contributed by atoms with E-state index in [-0.39, 0.29) is 23.9 Å². The fourth-order valence-electron chi connectivity index (χ4n) is 6.04. The Morgan fingerprint density at radius 2 is 1.37 bits per heavy atom. The van der Waals surface area contributed by atoms with E-state index in [1.54, 1.807) is 0 Å². The third-order valence-electron chi connectivity index (χ3n) is 8.31. The second-order valence-electron chi connectivity index (χ2n) is 10.4. The summed E-state index contributed by atoms with van der Waals surface area (Å²) < 4.78 is 0. The second-order valence-corrected chi connectivity index (χ2v) is 10.4. The van der Waals surface area contributed by atoms with Gasteiger partial charge in [-0.25, -0.2) is 5.43 Å². The van der Waals surface area contributed by atoms with E-state index < -0.39 is 0 Å². The van der Waals surface area contributed by atoms with Crippen molar-refractivity contribution in [1.82, 2.24) is 20.7 Å². The van der Waals surface area contributed by atoms with Gasteiger partial charge >= 0.3 is 0 Å². The topological polar surface area (TPSA) is 59.6 Å². The monoisotopic (exact) mass is 511 g/mol. The third kappa shape index (κ3) is 5.21. The first-order valence-corrected chi connectivity index (χ1v) is 14.1. The van der Waals surface area contributed by atoms with Crippen LogP contribution in [0.4, 0.5) is 5.69 Å². The lowest BCUT2D eigenvalue weighted by Crippen LogP contribution is -2.50. The Bertz CT molecular complexity index is 1250. The molecule has 0 radical (unpaired) electrons. The molecule has 3 unspecified atom stereocenters. The van der Waals surface area contributed by atoms with Crippen molar-refractivity contribution in [1.29, 1.82) is 0 Å². The van der Waals surface area contributed by atoms with Crippen molar-refractivity contribution in [3.8, 4) is 0 Å². The number of hydrazine groups is 1. The van der Waals surface area contributed by atoms with Crippen molar-refractivity contribution in [2.45, 2.75) is 58.8 Å². The predicted octanol–water partition coefficient (Wildman–Crippen LogP) is 5.61. The van der Waals surface area contributed by atoms with Crippen LogP contribution in [0.5, 0.6) is 0 Å². The van der Waals surface area contributed by atoms with Gasteiger partial charge in [0.05, 0.1) is 12.1 Å². The SMILES string of the molecule is CCN(CC)Cc1ccc(C2Nc3cccc4c3C(NNC4=O)C2c2cccc(CN(CC)CC)c2)cc1. The first-order valence-electron chi connectivity index (χ1n) is 14.1. The first-order chi connectivity index (χ1) is 18.6. The van der Waals surface area contributed by atoms with Crippen LogP contribution in [-0.4, -0.2) is 41.9 Å². The predicted molar refractivity (Wildman–Crippen MR) is 155 cm³/mol. The molecule has 6 nitrogen and oxygen atoms in total. The molecule has 0 aromatic heterocycles. The number of carbonyl (C=O) groups is 1. The van der Waals surface area contributed by atoms with Gasteiger partial charge < -0.3 is 5.32 Å². The molecule has 2 aliphatic rings. The summed E-state index contributed by atoms with van der Waals surface area (Å²) in [5.41, 5.74) is 14.4. The molecule has 3 aromatic rings. The smallest absolute Gasteiger partial charge is 0.265 e. The zero-order valence-electron chi connectivity index (χ0n) is 23.1. The van der Waals surface area contributed by atoms with E-state index in [0.717, 1.165) is 56.1 Å². The van der Waals surface area contributed by atoms with Crippen molar-refractivity contribution >= 4 is 11.6 Å². The zero-order valence-corrected chi connectivity index (χ0v) is 23.1. The number of rotatable bonds is 10. The van der Waals surface area contributed by atoms with Crippen LogP contribution >= 0.6 is 0 Å². The van der Waals surface area contributed by atoms with Crippen LogP contribution in [0.25, 0.3) is 0 Å². The quantitative estimate of drug-likeness (QED) is 0.330. The minimum absolute atomic E-state index is 0.0378. The minimum atomic E-state index is -0.0758. The molecule has 38 heavy (non-hydrogen) atoms. The van der Waals surface area contributed by atoms with Gasteiger partial charge in [0, 0.05) is 35.8 Å². The highest BCUT2D eigenvalue weighted by atomic mass is 16.2. The van der Waals surface area contributed by atoms with Gasteiger partial charge in [-0.15, -0.1) is 0 Å². The van der Waals surface area contributed by atoms with E-state index in [4.69, 9.17) is 0 Å². The fraction of sp³-hybridized carbons (Fsp3) is 0.406. The molecule has 0 saturated carbocycles. The van der Waals surface area contributed by atoms with Gasteiger partial charge in [-0.3, -0.25) is 20.0 Å². The van der Waals surface area contributed by atoms with Crippen LogP contribution in [0, 0.1) is 0 Å². The molecule has 200 valence electrons. The van der Waals surface area contributed by atoms with Gasteiger partial charge in [0.25, 0.3) is 5.91 Å². The standard InChI is InChI=1S/C32H41N5O/c1-5-36(6-2)20-22-15-17-24(18-16-22)30-28(25-12-9-11-23(19-25)21-37(7-3)8-4)31-29-26(32(38)35-34-31)13-10-14-27(29)33-30/h9-19,28,30-31,33-34H,5-8,20-21H2,1-4H3,(H,35,38). The van der Waals surface area contributed by atoms with Gasteiger partial charge in [0.15, 0.2) is 0 Å². The van der Waals surface area contributed by atoms with Gasteiger partial charge in [0.2, 0.25) is 0 Å². The lowest BCUT2D eigenvalue weighted by molar-refractivity contribution is 0.0899. The molecule has 2 aliphatic heterocycles. The molecule has 0 aliphatic carbocycles. The highest BCUT2D eigenvalue weighted by Gasteiger charge is 2.42. The van der Waals surface area contributed by atoms with Crippen molar-refractivity contribution < 1.29 is 4.79 Å². The van der Waals surface area contributed by atoms with E-state index in [1.807, 2.05) is 12.1 Å². The van der Waals surface area contributed by atoms with Gasteiger partial charge in [0.1, 0.15) is 0 Å². The normalized spacial score (nSPS) is 20.3. The van der Waals surface area contributed by atoms with Crippen LogP contribution in [0.3, 0.4) is 0 Å². The molecule has 0 fully saturated rings. The average molecular weight is 512 g/mol. The summed E-state index contributed by atoms with van der Waals surface area (Å²) in [6.45, 7) is 14.9. The number of benzene rings is 3. The average Bonchev–Trinajstić information content (AvgIpc) is 2.96. The number of nitrogens with zero attached hydrogens (tertiary/aromatic N) is 2. The molecule has 6 heteroatoms. The Hall–Kier alpha value is -3.19. The van der Waals surface area contributed by atoms with Crippen molar-refractivity contribution in [3.05, 3.63) is 100 Å². The van der Waals surface area contributed by atoms with E-state index in [9.17, 15) is 4.79 Å². The Morgan fingerprint density at radius 1 is 0.711 bits per heavy atom. The largest absolute Gasteiger partial charge is 0.377 e. The maximum Gasteiger partial charge on any atom is 0.265 e. The maximum atomic E-state index is 12.7. The van der Waals surface area contributed by atoms with E-state index in [0.29, 0.717) is 0 Å². The van der Waals surface area contributed by atoms with Crippen LogP contribution in [0.1, 0.15) is 83.9 Å². The molecule has 5 rings (SSSR count). The molecule has 0 bridgehead atoms. The lowest BCUT2D eigenvalue weighted by Gasteiger charge is -2.44. The molecule has 3 N–H and O–H groups in total. The molecule has 1 amide bonds. The van der Waals surface area contributed by atoms with Crippen LogP contribution in [0.15, 0.2) is 66.7 Å². The molecule has 0 saturated heterocycles. The molecule has 3 aromatic carbocycles. The van der Waals surface area contributed by atoms with Gasteiger partial charge in [-0.2, -0.15) is 0 Å². The van der Waals surface area contributed by atoms with Gasteiger partial charge in [-0.05, 0) is 60.6 Å². The van der Waals surface area contributed by atoms with Crippen molar-refractivity contribution in [2.75, 3.05) is 31.5 Å². The number of hydrogen-bond donors (Lipinski definition) is 3. The number of amides is 1. The number of carbonyl (C=O) groups excluding carboxylic acids is 1. The van der Waals surface area contributed by atoms with Crippen LogP contribution in [-0.2, 0) is 13.1 Å². The van der Waals surface area contributed by atoms with Crippen molar-refractivity contribution in [2.24, 2.45) is 0 Å². The van der Waals surface area contributed by atoms with Crippen LogP contribution in [0.2, 0.25) is 0 Å². The Labute approximate surface area is 227 Å². The van der Waals surface area contributed by atoms with Gasteiger partial charge in [-0.1, -0.05) is 82.3 Å². The Balaban J connectivity index is 1.55. The summed E-state index contributed by atoms with van der Waals surface area (Å²) in [5, 5.41) is 3.85. The number of nitrogens with one attached hydrogen (secondary N) is 3. The number of hydrogen-bond acceptors (Lipinski definition) is 5. The minimum Gasteiger partial charge on any atom is -0.377 e. The number of anilines is 1. The first kappa shape index (κ1) is 26.4. The zero-order chi connectivity index (χ0) is 26.6. The van der Waals surface area contributed by atoms with E-state index >= 15 is 0 Å². The molecule has 2 heterocycles.